The Balaban J connectivity index is 2.28. The molecule has 1 N–H and O–H groups in total. The van der Waals surface area contributed by atoms with Gasteiger partial charge in [-0.05, 0) is 52.9 Å². The van der Waals surface area contributed by atoms with E-state index in [9.17, 15) is 18.8 Å². The van der Waals surface area contributed by atoms with Crippen molar-refractivity contribution in [3.05, 3.63) is 76.7 Å². The molecule has 9 heteroatoms. The first-order chi connectivity index (χ1) is 12.3. The van der Waals surface area contributed by atoms with Crippen LogP contribution in [0.1, 0.15) is 5.56 Å². The molecule has 0 bridgehead atoms. The number of rotatable bonds is 4. The fraction of sp³-hybridized carbons (Fsp3) is 0.118. The lowest BCUT2D eigenvalue weighted by atomic mass is 10.2. The van der Waals surface area contributed by atoms with Crippen molar-refractivity contribution in [2.75, 3.05) is 0 Å². The lowest BCUT2D eigenvalue weighted by Crippen LogP contribution is -2.41. The summed E-state index contributed by atoms with van der Waals surface area (Å²) in [5, 5.41) is 9.33. The van der Waals surface area contributed by atoms with E-state index >= 15 is 0 Å². The summed E-state index contributed by atoms with van der Waals surface area (Å²) in [4.78, 5) is 36.7. The van der Waals surface area contributed by atoms with Gasteiger partial charge in [-0.3, -0.25) is 18.7 Å². The van der Waals surface area contributed by atoms with Gasteiger partial charge in [0, 0.05) is 13.6 Å². The number of halogens is 3. The van der Waals surface area contributed by atoms with Crippen molar-refractivity contribution in [2.45, 2.75) is 13.1 Å². The van der Waals surface area contributed by atoms with Gasteiger partial charge in [-0.15, -0.1) is 0 Å². The van der Waals surface area contributed by atoms with Crippen LogP contribution >= 0.6 is 38.5 Å². The molecule has 3 rings (SSSR count). The molecule has 0 unspecified atom stereocenters. The monoisotopic (exact) mass is 532 g/mol. The van der Waals surface area contributed by atoms with E-state index < -0.39 is 29.6 Å². The highest BCUT2D eigenvalue weighted by Crippen LogP contribution is 2.17. The second-order valence-corrected chi connectivity index (χ2v) is 7.71. The molecule has 0 saturated heterocycles. The number of hydrogen-bond acceptors (Lipinski definition) is 3. The molecule has 0 aliphatic rings. The Kier molecular flexibility index (Phi) is 5.28. The third kappa shape index (κ3) is 3.58. The van der Waals surface area contributed by atoms with E-state index in [2.05, 4.69) is 15.9 Å². The molecule has 0 fully saturated rings. The van der Waals surface area contributed by atoms with Gasteiger partial charge in [0.25, 0.3) is 5.56 Å². The molecular formula is C17H11BrFIN2O4. The predicted octanol–water partition coefficient (Wildman–Crippen LogP) is 2.80. The van der Waals surface area contributed by atoms with Crippen LogP contribution in [0.25, 0.3) is 10.9 Å². The SMILES string of the molecule is O=C(O)Cn1c(=O)n(Cc2ccc(Br)cc2F)c(=O)c2ccc(I)cc21. The molecule has 0 atom stereocenters. The largest absolute Gasteiger partial charge is 0.480 e. The van der Waals surface area contributed by atoms with Gasteiger partial charge in [0.1, 0.15) is 12.4 Å². The maximum atomic E-state index is 14.1. The Morgan fingerprint density at radius 1 is 1.15 bits per heavy atom. The number of hydrogen-bond donors (Lipinski definition) is 1. The quantitative estimate of drug-likeness (QED) is 0.524. The Hall–Kier alpha value is -2.01. The molecule has 3 aromatic rings. The van der Waals surface area contributed by atoms with Crippen LogP contribution in [0.4, 0.5) is 4.39 Å². The highest BCUT2D eigenvalue weighted by atomic mass is 127. The van der Waals surface area contributed by atoms with Gasteiger partial charge in [0.15, 0.2) is 0 Å². The Bertz CT molecular complexity index is 1160. The average molecular weight is 533 g/mol. The molecule has 0 aliphatic carbocycles. The van der Waals surface area contributed by atoms with Crippen molar-refractivity contribution >= 4 is 55.4 Å². The maximum Gasteiger partial charge on any atom is 0.332 e. The zero-order valence-electron chi connectivity index (χ0n) is 13.1. The highest BCUT2D eigenvalue weighted by Gasteiger charge is 2.16. The van der Waals surface area contributed by atoms with Crippen molar-refractivity contribution in [3.8, 4) is 0 Å². The fourth-order valence-corrected chi connectivity index (χ4v) is 3.45. The molecule has 6 nitrogen and oxygen atoms in total. The van der Waals surface area contributed by atoms with Crippen LogP contribution in [0.3, 0.4) is 0 Å². The van der Waals surface area contributed by atoms with Gasteiger partial charge in [0.05, 0.1) is 17.4 Å². The lowest BCUT2D eigenvalue weighted by Gasteiger charge is -2.13. The third-order valence-corrected chi connectivity index (χ3v) is 4.99. The van der Waals surface area contributed by atoms with Gasteiger partial charge >= 0.3 is 11.7 Å². The Morgan fingerprint density at radius 2 is 1.88 bits per heavy atom. The Labute approximate surface area is 168 Å². The normalized spacial score (nSPS) is 11.0. The zero-order valence-corrected chi connectivity index (χ0v) is 16.8. The first kappa shape index (κ1) is 18.8. The minimum atomic E-state index is -1.22. The lowest BCUT2D eigenvalue weighted by molar-refractivity contribution is -0.137. The van der Waals surface area contributed by atoms with E-state index in [1.54, 1.807) is 18.2 Å². The molecule has 0 aliphatic heterocycles. The van der Waals surface area contributed by atoms with E-state index in [1.807, 2.05) is 22.6 Å². The van der Waals surface area contributed by atoms with Gasteiger partial charge in [-0.1, -0.05) is 22.0 Å². The molecule has 0 radical (unpaired) electrons. The van der Waals surface area contributed by atoms with Crippen LogP contribution in [0, 0.1) is 9.39 Å². The van der Waals surface area contributed by atoms with Crippen LogP contribution in [0.5, 0.6) is 0 Å². The van der Waals surface area contributed by atoms with Gasteiger partial charge in [0.2, 0.25) is 0 Å². The summed E-state index contributed by atoms with van der Waals surface area (Å²) < 4.78 is 17.3. The van der Waals surface area contributed by atoms with Crippen molar-refractivity contribution < 1.29 is 14.3 Å². The van der Waals surface area contributed by atoms with Gasteiger partial charge < -0.3 is 5.11 Å². The number of fused-ring (bicyclic) bond motifs is 1. The van der Waals surface area contributed by atoms with E-state index in [1.165, 1.54) is 18.2 Å². The number of carboxylic acid groups (broad SMARTS) is 1. The van der Waals surface area contributed by atoms with Gasteiger partial charge in [-0.2, -0.15) is 0 Å². The van der Waals surface area contributed by atoms with E-state index in [-0.39, 0.29) is 23.0 Å². The first-order valence-electron chi connectivity index (χ1n) is 7.36. The van der Waals surface area contributed by atoms with E-state index in [0.29, 0.717) is 4.47 Å². The Morgan fingerprint density at radius 3 is 2.54 bits per heavy atom. The second-order valence-electron chi connectivity index (χ2n) is 5.55. The standard InChI is InChI=1S/C17H11BrFIN2O4/c18-10-2-1-9(13(19)5-10)7-22-16(25)12-4-3-11(20)6-14(12)21(17(22)26)8-15(23)24/h1-6H,7-8H2,(H,23,24). The van der Waals surface area contributed by atoms with Crippen molar-refractivity contribution in [1.29, 1.82) is 0 Å². The summed E-state index contributed by atoms with van der Waals surface area (Å²) in [6.07, 6.45) is 0. The summed E-state index contributed by atoms with van der Waals surface area (Å²) in [7, 11) is 0. The molecular weight excluding hydrogens is 522 g/mol. The molecule has 26 heavy (non-hydrogen) atoms. The number of benzene rings is 2. The number of carbonyl (C=O) groups is 1. The number of aliphatic carboxylic acids is 1. The summed E-state index contributed by atoms with van der Waals surface area (Å²) in [5.74, 6) is -1.79. The third-order valence-electron chi connectivity index (χ3n) is 3.82. The van der Waals surface area contributed by atoms with E-state index in [4.69, 9.17) is 5.11 Å². The second kappa shape index (κ2) is 7.31. The molecule has 0 saturated carbocycles. The van der Waals surface area contributed by atoms with Crippen LogP contribution in [-0.2, 0) is 17.9 Å². The topological polar surface area (TPSA) is 81.3 Å². The summed E-state index contributed by atoms with van der Waals surface area (Å²) in [5.41, 5.74) is -0.999. The molecule has 0 spiro atoms. The molecule has 0 amide bonds. The number of aromatic nitrogens is 2. The number of carboxylic acids is 1. The number of nitrogens with zero attached hydrogens (tertiary/aromatic N) is 2. The summed E-state index contributed by atoms with van der Waals surface area (Å²) in [6.45, 7) is -0.892. The summed E-state index contributed by atoms with van der Waals surface area (Å²) in [6, 6.07) is 9.09. The van der Waals surface area contributed by atoms with Gasteiger partial charge in [-0.25, -0.2) is 9.18 Å². The molecule has 1 heterocycles. The molecule has 134 valence electrons. The fourth-order valence-electron chi connectivity index (χ4n) is 2.64. The van der Waals surface area contributed by atoms with Crippen LogP contribution in [-0.4, -0.2) is 20.2 Å². The van der Waals surface area contributed by atoms with Crippen molar-refractivity contribution in [1.82, 2.24) is 9.13 Å². The minimum Gasteiger partial charge on any atom is -0.480 e. The summed E-state index contributed by atoms with van der Waals surface area (Å²) >= 11 is 5.16. The van der Waals surface area contributed by atoms with Crippen LogP contribution in [0.15, 0.2) is 50.5 Å². The van der Waals surface area contributed by atoms with Crippen LogP contribution < -0.4 is 11.2 Å². The van der Waals surface area contributed by atoms with Crippen molar-refractivity contribution in [3.63, 3.8) is 0 Å². The van der Waals surface area contributed by atoms with Crippen LogP contribution in [0.2, 0.25) is 0 Å². The zero-order chi connectivity index (χ0) is 19.0. The highest BCUT2D eigenvalue weighted by molar-refractivity contribution is 14.1. The predicted molar refractivity (Wildman–Crippen MR) is 106 cm³/mol. The molecule has 1 aromatic heterocycles. The average Bonchev–Trinajstić information content (AvgIpc) is 2.57. The first-order valence-corrected chi connectivity index (χ1v) is 9.23. The van der Waals surface area contributed by atoms with Crippen molar-refractivity contribution in [2.24, 2.45) is 0 Å². The molecule has 2 aromatic carbocycles. The smallest absolute Gasteiger partial charge is 0.332 e. The van der Waals surface area contributed by atoms with E-state index in [0.717, 1.165) is 12.7 Å². The maximum absolute atomic E-state index is 14.1. The minimum absolute atomic E-state index is 0.152.